The molecular weight excluding hydrogens is 230 g/mol. The number of likely N-dealkylation sites (N-methyl/N-ethyl adjacent to an activating group) is 1. The molecule has 2 heterocycles. The maximum atomic E-state index is 5.49. The third kappa shape index (κ3) is 3.38. The molecule has 2 N–H and O–H groups in total. The molecule has 0 unspecified atom stereocenters. The molecule has 0 aliphatic carbocycles. The van der Waals surface area contributed by atoms with Crippen LogP contribution >= 0.6 is 0 Å². The monoisotopic (exact) mass is 249 g/mol. The van der Waals surface area contributed by atoms with Crippen molar-refractivity contribution in [3.8, 4) is 0 Å². The number of hydrogen-bond acceptors (Lipinski definition) is 5. The summed E-state index contributed by atoms with van der Waals surface area (Å²) in [5.74, 6) is 0. The van der Waals surface area contributed by atoms with E-state index < -0.39 is 0 Å². The molecule has 98 valence electrons. The van der Waals surface area contributed by atoms with Crippen molar-refractivity contribution in [2.75, 3.05) is 13.6 Å². The topological polar surface area (TPSA) is 77.8 Å². The van der Waals surface area contributed by atoms with E-state index in [-0.39, 0.29) is 0 Å². The van der Waals surface area contributed by atoms with Crippen molar-refractivity contribution in [2.24, 2.45) is 12.8 Å². The molecule has 0 radical (unpaired) electrons. The molecule has 0 amide bonds. The van der Waals surface area contributed by atoms with E-state index in [1.165, 1.54) is 5.56 Å². The lowest BCUT2D eigenvalue weighted by Gasteiger charge is -2.14. The van der Waals surface area contributed by atoms with Gasteiger partial charge in [0.05, 0.1) is 18.4 Å². The highest BCUT2D eigenvalue weighted by Crippen LogP contribution is 2.01. The second-order valence-electron chi connectivity index (χ2n) is 4.44. The fraction of sp³-hybridized carbons (Fsp3) is 0.545. The fourth-order valence-electron chi connectivity index (χ4n) is 1.76. The Morgan fingerprint density at radius 2 is 2.22 bits per heavy atom. The molecule has 0 fully saturated rings. The van der Waals surface area contributed by atoms with Crippen LogP contribution in [-0.4, -0.2) is 43.3 Å². The summed E-state index contributed by atoms with van der Waals surface area (Å²) in [5, 5.41) is 12.1. The molecule has 18 heavy (non-hydrogen) atoms. The van der Waals surface area contributed by atoms with Crippen LogP contribution in [0, 0.1) is 0 Å². The Hall–Kier alpha value is -1.73. The van der Waals surface area contributed by atoms with Crippen LogP contribution in [0.3, 0.4) is 0 Å². The predicted octanol–water partition coefficient (Wildman–Crippen LogP) is -0.398. The molecule has 2 aromatic heterocycles. The minimum atomic E-state index is 0.436. The van der Waals surface area contributed by atoms with Gasteiger partial charge < -0.3 is 10.6 Å². The molecule has 0 aromatic carbocycles. The summed E-state index contributed by atoms with van der Waals surface area (Å²) in [6.07, 6.45) is 5.80. The Labute approximate surface area is 106 Å². The van der Waals surface area contributed by atoms with Crippen LogP contribution in [0.15, 0.2) is 18.6 Å². The van der Waals surface area contributed by atoms with Gasteiger partial charge in [0.25, 0.3) is 0 Å². The third-order valence-electron chi connectivity index (χ3n) is 2.72. The summed E-state index contributed by atoms with van der Waals surface area (Å²) in [6.45, 7) is 3.03. The zero-order valence-electron chi connectivity index (χ0n) is 10.8. The van der Waals surface area contributed by atoms with Gasteiger partial charge in [0.15, 0.2) is 0 Å². The first-order chi connectivity index (χ1) is 8.67. The molecule has 0 saturated carbocycles. The van der Waals surface area contributed by atoms with Crippen molar-refractivity contribution in [1.82, 2.24) is 29.7 Å². The van der Waals surface area contributed by atoms with Crippen molar-refractivity contribution in [3.63, 3.8) is 0 Å². The van der Waals surface area contributed by atoms with E-state index in [2.05, 4.69) is 27.4 Å². The minimum absolute atomic E-state index is 0.436. The number of aromatic nitrogens is 5. The number of rotatable bonds is 6. The van der Waals surface area contributed by atoms with Gasteiger partial charge in [-0.05, 0) is 7.05 Å². The first-order valence-corrected chi connectivity index (χ1v) is 5.92. The van der Waals surface area contributed by atoms with Crippen molar-refractivity contribution in [1.29, 1.82) is 0 Å². The van der Waals surface area contributed by atoms with E-state index in [0.717, 1.165) is 25.3 Å². The molecule has 0 atom stereocenters. The number of hydrogen-bond donors (Lipinski definition) is 1. The summed E-state index contributed by atoms with van der Waals surface area (Å²) in [6, 6.07) is 0. The van der Waals surface area contributed by atoms with Gasteiger partial charge in [0.1, 0.15) is 0 Å². The number of nitrogens with two attached hydrogens (primary N) is 1. The molecule has 0 bridgehead atoms. The van der Waals surface area contributed by atoms with E-state index in [1.54, 1.807) is 0 Å². The van der Waals surface area contributed by atoms with E-state index in [9.17, 15) is 0 Å². The first-order valence-electron chi connectivity index (χ1n) is 5.92. The lowest BCUT2D eigenvalue weighted by atomic mass is 10.3. The Bertz CT molecular complexity index is 487. The molecule has 2 aromatic rings. The van der Waals surface area contributed by atoms with E-state index in [0.29, 0.717) is 6.54 Å². The van der Waals surface area contributed by atoms with Crippen LogP contribution in [0.5, 0.6) is 0 Å². The fourth-order valence-corrected chi connectivity index (χ4v) is 1.76. The Kier molecular flexibility index (Phi) is 4.06. The maximum absolute atomic E-state index is 5.49. The van der Waals surface area contributed by atoms with Crippen LogP contribution in [0.4, 0.5) is 0 Å². The largest absolute Gasteiger partial charge is 0.325 e. The lowest BCUT2D eigenvalue weighted by molar-refractivity contribution is 0.303. The molecule has 0 spiro atoms. The molecule has 2 rings (SSSR count). The highest BCUT2D eigenvalue weighted by Gasteiger charge is 2.04. The average Bonchev–Trinajstić information content (AvgIpc) is 2.95. The zero-order valence-corrected chi connectivity index (χ0v) is 10.8. The van der Waals surface area contributed by atoms with Crippen molar-refractivity contribution >= 4 is 0 Å². The van der Waals surface area contributed by atoms with Gasteiger partial charge in [-0.3, -0.25) is 9.36 Å². The highest BCUT2D eigenvalue weighted by molar-refractivity contribution is 5.02. The SMILES string of the molecule is CN(CCn1cc(CN)nn1)Cc1cnn(C)c1. The summed E-state index contributed by atoms with van der Waals surface area (Å²) in [5.41, 5.74) is 7.52. The zero-order chi connectivity index (χ0) is 13.0. The van der Waals surface area contributed by atoms with Gasteiger partial charge in [0, 0.05) is 44.6 Å². The minimum Gasteiger partial charge on any atom is -0.325 e. The van der Waals surface area contributed by atoms with Crippen molar-refractivity contribution < 1.29 is 0 Å². The average molecular weight is 249 g/mol. The molecule has 0 aliphatic heterocycles. The molecule has 7 nitrogen and oxygen atoms in total. The van der Waals surface area contributed by atoms with Crippen LogP contribution in [0.25, 0.3) is 0 Å². The summed E-state index contributed by atoms with van der Waals surface area (Å²) in [7, 11) is 4.00. The van der Waals surface area contributed by atoms with Gasteiger partial charge in [-0.15, -0.1) is 5.10 Å². The third-order valence-corrected chi connectivity index (χ3v) is 2.72. The quantitative estimate of drug-likeness (QED) is 0.754. The van der Waals surface area contributed by atoms with E-state index in [1.807, 2.05) is 35.0 Å². The van der Waals surface area contributed by atoms with Gasteiger partial charge >= 0.3 is 0 Å². The van der Waals surface area contributed by atoms with Crippen LogP contribution < -0.4 is 5.73 Å². The Morgan fingerprint density at radius 3 is 2.83 bits per heavy atom. The van der Waals surface area contributed by atoms with Gasteiger partial charge in [-0.1, -0.05) is 5.21 Å². The number of aryl methyl sites for hydroxylation is 1. The first kappa shape index (κ1) is 12.7. The maximum Gasteiger partial charge on any atom is 0.0962 e. The predicted molar refractivity (Wildman–Crippen MR) is 67.5 cm³/mol. The number of nitrogens with zero attached hydrogens (tertiary/aromatic N) is 6. The van der Waals surface area contributed by atoms with Gasteiger partial charge in [-0.2, -0.15) is 5.10 Å². The lowest BCUT2D eigenvalue weighted by Crippen LogP contribution is -2.23. The molecule has 0 saturated heterocycles. The van der Waals surface area contributed by atoms with Crippen molar-refractivity contribution in [3.05, 3.63) is 29.8 Å². The van der Waals surface area contributed by atoms with Gasteiger partial charge in [-0.25, -0.2) is 0 Å². The van der Waals surface area contributed by atoms with E-state index >= 15 is 0 Å². The molecule has 7 heteroatoms. The molecular formula is C11H19N7. The standard InChI is InChI=1S/C11H19N7/c1-16(7-10-6-13-17(2)8-10)3-4-18-9-11(5-12)14-15-18/h6,8-9H,3-5,7,12H2,1-2H3. The van der Waals surface area contributed by atoms with E-state index in [4.69, 9.17) is 5.73 Å². The Balaban J connectivity index is 1.79. The van der Waals surface area contributed by atoms with Crippen molar-refractivity contribution in [2.45, 2.75) is 19.6 Å². The second-order valence-corrected chi connectivity index (χ2v) is 4.44. The van der Waals surface area contributed by atoms with Crippen LogP contribution in [0.1, 0.15) is 11.3 Å². The van der Waals surface area contributed by atoms with Crippen LogP contribution in [0.2, 0.25) is 0 Å². The normalized spacial score (nSPS) is 11.3. The highest BCUT2D eigenvalue weighted by atomic mass is 15.4. The van der Waals surface area contributed by atoms with Gasteiger partial charge in [0.2, 0.25) is 0 Å². The summed E-state index contributed by atoms with van der Waals surface area (Å²) >= 11 is 0. The van der Waals surface area contributed by atoms with Crippen LogP contribution in [-0.2, 0) is 26.7 Å². The molecule has 0 aliphatic rings. The second kappa shape index (κ2) is 5.74. The summed E-state index contributed by atoms with van der Waals surface area (Å²) < 4.78 is 3.63. The summed E-state index contributed by atoms with van der Waals surface area (Å²) in [4.78, 5) is 2.22. The Morgan fingerprint density at radius 1 is 1.39 bits per heavy atom. The smallest absolute Gasteiger partial charge is 0.0962 e.